The summed E-state index contributed by atoms with van der Waals surface area (Å²) in [5, 5.41) is 2.47. The summed E-state index contributed by atoms with van der Waals surface area (Å²) >= 11 is 0. The molecule has 0 bridgehead atoms. The lowest BCUT2D eigenvalue weighted by Crippen LogP contribution is -2.32. The average molecular weight is 299 g/mol. The van der Waals surface area contributed by atoms with E-state index < -0.39 is 29.1 Å². The van der Waals surface area contributed by atoms with Crippen LogP contribution in [0.5, 0.6) is 0 Å². The highest BCUT2D eigenvalue weighted by Gasteiger charge is 2.15. The number of ether oxygens (including phenoxy) is 1. The van der Waals surface area contributed by atoms with Crippen molar-refractivity contribution in [3.63, 3.8) is 0 Å². The number of halogens is 3. The van der Waals surface area contributed by atoms with Crippen molar-refractivity contribution in [2.45, 2.75) is 32.8 Å². The SMILES string of the molecule is CC(C)(C)OC(=O)NCCC#Cc1cc(F)c(F)cc1F. The normalized spacial score (nSPS) is 10.6. The van der Waals surface area contributed by atoms with Crippen LogP contribution in [-0.4, -0.2) is 18.2 Å². The molecule has 0 heterocycles. The molecule has 6 heteroatoms. The summed E-state index contributed by atoms with van der Waals surface area (Å²) in [5.41, 5.74) is -0.823. The summed E-state index contributed by atoms with van der Waals surface area (Å²) < 4.78 is 43.9. The molecule has 1 aromatic rings. The molecular weight excluding hydrogens is 283 g/mol. The standard InChI is InChI=1S/C15H16F3NO2/c1-15(2,3)21-14(20)19-7-5-4-6-10-8-12(17)13(18)9-11(10)16/h8-9H,5,7H2,1-3H3,(H,19,20). The Morgan fingerprint density at radius 2 is 1.81 bits per heavy atom. The average Bonchev–Trinajstić information content (AvgIpc) is 2.32. The maximum Gasteiger partial charge on any atom is 0.407 e. The molecule has 0 fully saturated rings. The number of benzene rings is 1. The molecule has 0 atom stereocenters. The number of carbonyl (C=O) groups is 1. The molecule has 0 aromatic heterocycles. The number of nitrogens with one attached hydrogen (secondary N) is 1. The molecule has 0 aliphatic carbocycles. The van der Waals surface area contributed by atoms with E-state index in [0.29, 0.717) is 12.1 Å². The van der Waals surface area contributed by atoms with Crippen molar-refractivity contribution in [2.24, 2.45) is 0 Å². The van der Waals surface area contributed by atoms with Crippen molar-refractivity contribution < 1.29 is 22.7 Å². The van der Waals surface area contributed by atoms with Gasteiger partial charge in [-0.2, -0.15) is 0 Å². The summed E-state index contributed by atoms with van der Waals surface area (Å²) in [7, 11) is 0. The minimum Gasteiger partial charge on any atom is -0.444 e. The van der Waals surface area contributed by atoms with Gasteiger partial charge in [0.15, 0.2) is 11.6 Å². The van der Waals surface area contributed by atoms with Gasteiger partial charge in [0.1, 0.15) is 11.4 Å². The van der Waals surface area contributed by atoms with E-state index in [4.69, 9.17) is 4.74 Å². The minimum absolute atomic E-state index is 0.202. The Balaban J connectivity index is 2.48. The zero-order valence-corrected chi connectivity index (χ0v) is 12.0. The Morgan fingerprint density at radius 1 is 1.19 bits per heavy atom. The van der Waals surface area contributed by atoms with E-state index in [1.54, 1.807) is 20.8 Å². The molecule has 114 valence electrons. The highest BCUT2D eigenvalue weighted by molar-refractivity contribution is 5.67. The lowest BCUT2D eigenvalue weighted by Gasteiger charge is -2.19. The van der Waals surface area contributed by atoms with Gasteiger partial charge in [0.05, 0.1) is 5.56 Å². The molecule has 3 nitrogen and oxygen atoms in total. The molecule has 1 N–H and O–H groups in total. The zero-order valence-electron chi connectivity index (χ0n) is 12.0. The fraction of sp³-hybridized carbons (Fsp3) is 0.400. The van der Waals surface area contributed by atoms with Gasteiger partial charge < -0.3 is 10.1 Å². The van der Waals surface area contributed by atoms with Crippen molar-refractivity contribution >= 4 is 6.09 Å². The summed E-state index contributed by atoms with van der Waals surface area (Å²) in [6.45, 7) is 5.40. The van der Waals surface area contributed by atoms with Crippen molar-refractivity contribution in [3.8, 4) is 11.8 Å². The largest absolute Gasteiger partial charge is 0.444 e. The molecule has 1 rings (SSSR count). The van der Waals surface area contributed by atoms with E-state index in [1.165, 1.54) is 0 Å². The van der Waals surface area contributed by atoms with Gasteiger partial charge in [0, 0.05) is 19.0 Å². The number of alkyl carbamates (subject to hydrolysis) is 1. The first-order valence-corrected chi connectivity index (χ1v) is 6.29. The van der Waals surface area contributed by atoms with E-state index in [-0.39, 0.29) is 18.5 Å². The second-order valence-electron chi connectivity index (χ2n) is 5.23. The van der Waals surface area contributed by atoms with Crippen LogP contribution in [0.2, 0.25) is 0 Å². The highest BCUT2D eigenvalue weighted by atomic mass is 19.2. The summed E-state index contributed by atoms with van der Waals surface area (Å²) in [6.07, 6.45) is -0.360. The predicted octanol–water partition coefficient (Wildman–Crippen LogP) is 3.37. The zero-order chi connectivity index (χ0) is 16.0. The lowest BCUT2D eigenvalue weighted by atomic mass is 10.2. The Morgan fingerprint density at radius 3 is 2.43 bits per heavy atom. The van der Waals surface area contributed by atoms with Crippen LogP contribution >= 0.6 is 0 Å². The van der Waals surface area contributed by atoms with E-state index in [0.717, 1.165) is 0 Å². The molecule has 0 unspecified atom stereocenters. The van der Waals surface area contributed by atoms with E-state index in [9.17, 15) is 18.0 Å². The second-order valence-corrected chi connectivity index (χ2v) is 5.23. The van der Waals surface area contributed by atoms with Crippen molar-refractivity contribution in [1.29, 1.82) is 0 Å². The number of rotatable bonds is 2. The van der Waals surface area contributed by atoms with Crippen molar-refractivity contribution in [1.82, 2.24) is 5.32 Å². The van der Waals surface area contributed by atoms with Gasteiger partial charge in [-0.25, -0.2) is 18.0 Å². The fourth-order valence-corrected chi connectivity index (χ4v) is 1.32. The van der Waals surface area contributed by atoms with Gasteiger partial charge in [0.2, 0.25) is 0 Å². The number of amides is 1. The Hall–Kier alpha value is -2.16. The monoisotopic (exact) mass is 299 g/mol. The Kier molecular flexibility index (Phi) is 5.65. The highest BCUT2D eigenvalue weighted by Crippen LogP contribution is 2.12. The van der Waals surface area contributed by atoms with Gasteiger partial charge in [0.25, 0.3) is 0 Å². The van der Waals surface area contributed by atoms with Crippen LogP contribution < -0.4 is 5.32 Å². The molecule has 0 radical (unpaired) electrons. The molecule has 0 aliphatic rings. The maximum atomic E-state index is 13.3. The third kappa shape index (κ3) is 6.21. The third-order valence-electron chi connectivity index (χ3n) is 2.15. The maximum absolute atomic E-state index is 13.3. The molecule has 0 spiro atoms. The van der Waals surface area contributed by atoms with Gasteiger partial charge in [-0.15, -0.1) is 0 Å². The van der Waals surface area contributed by atoms with Crippen LogP contribution in [0.1, 0.15) is 32.8 Å². The van der Waals surface area contributed by atoms with Gasteiger partial charge in [-0.1, -0.05) is 11.8 Å². The van der Waals surface area contributed by atoms with Crippen LogP contribution in [-0.2, 0) is 4.74 Å². The molecule has 1 amide bonds. The molecule has 1 aromatic carbocycles. The van der Waals surface area contributed by atoms with Crippen LogP contribution in [0.15, 0.2) is 12.1 Å². The molecule has 0 aliphatic heterocycles. The van der Waals surface area contributed by atoms with Crippen LogP contribution in [0, 0.1) is 29.3 Å². The number of carbonyl (C=O) groups excluding carboxylic acids is 1. The smallest absolute Gasteiger partial charge is 0.407 e. The topological polar surface area (TPSA) is 38.3 Å². The van der Waals surface area contributed by atoms with E-state index in [2.05, 4.69) is 17.2 Å². The second kappa shape index (κ2) is 7.02. The first-order valence-electron chi connectivity index (χ1n) is 6.29. The Labute approximate surface area is 121 Å². The lowest BCUT2D eigenvalue weighted by molar-refractivity contribution is 0.0529. The Bertz CT molecular complexity index is 583. The van der Waals surface area contributed by atoms with E-state index in [1.807, 2.05) is 0 Å². The quantitative estimate of drug-likeness (QED) is 0.516. The van der Waals surface area contributed by atoms with Gasteiger partial charge in [-0.3, -0.25) is 0 Å². The first-order chi connectivity index (χ1) is 9.69. The fourth-order valence-electron chi connectivity index (χ4n) is 1.32. The minimum atomic E-state index is -1.26. The third-order valence-corrected chi connectivity index (χ3v) is 2.15. The summed E-state index contributed by atoms with van der Waals surface area (Å²) in [4.78, 5) is 11.3. The predicted molar refractivity (Wildman–Crippen MR) is 72.0 cm³/mol. The van der Waals surface area contributed by atoms with Crippen LogP contribution in [0.3, 0.4) is 0 Å². The molecule has 0 saturated heterocycles. The molecule has 0 saturated carbocycles. The number of hydrogen-bond acceptors (Lipinski definition) is 2. The van der Waals surface area contributed by atoms with E-state index >= 15 is 0 Å². The van der Waals surface area contributed by atoms with Crippen LogP contribution in [0.4, 0.5) is 18.0 Å². The van der Waals surface area contributed by atoms with Gasteiger partial charge in [-0.05, 0) is 26.8 Å². The van der Waals surface area contributed by atoms with Crippen molar-refractivity contribution in [3.05, 3.63) is 35.1 Å². The first kappa shape index (κ1) is 16.9. The summed E-state index contributed by atoms with van der Waals surface area (Å²) in [5.74, 6) is 1.59. The van der Waals surface area contributed by atoms with Gasteiger partial charge >= 0.3 is 6.09 Å². The van der Waals surface area contributed by atoms with Crippen LogP contribution in [0.25, 0.3) is 0 Å². The molecular formula is C15H16F3NO2. The van der Waals surface area contributed by atoms with Crippen molar-refractivity contribution in [2.75, 3.05) is 6.54 Å². The molecule has 21 heavy (non-hydrogen) atoms. The number of hydrogen-bond donors (Lipinski definition) is 1. The summed E-state index contributed by atoms with van der Waals surface area (Å²) in [6, 6.07) is 1.14.